The molecule has 14 heavy (non-hydrogen) atoms. The summed E-state index contributed by atoms with van der Waals surface area (Å²) in [5.41, 5.74) is 0.944. The zero-order chi connectivity index (χ0) is 10.7. The zero-order valence-electron chi connectivity index (χ0n) is 7.64. The molecule has 3 nitrogen and oxygen atoms in total. The molecule has 74 valence electrons. The fourth-order valence-electron chi connectivity index (χ4n) is 1.20. The van der Waals surface area contributed by atoms with Crippen LogP contribution in [-0.4, -0.2) is 22.9 Å². The largest absolute Gasteiger partial charge is 0.488 e. The van der Waals surface area contributed by atoms with Crippen LogP contribution in [0.15, 0.2) is 24.3 Å². The Morgan fingerprint density at radius 1 is 1.43 bits per heavy atom. The maximum atomic E-state index is 11.1. The number of alkyl halides is 1. The van der Waals surface area contributed by atoms with Crippen molar-refractivity contribution >= 4 is 34.3 Å². The first-order valence-electron chi connectivity index (χ1n) is 4.13. The van der Waals surface area contributed by atoms with Crippen molar-refractivity contribution in [1.29, 1.82) is 0 Å². The summed E-state index contributed by atoms with van der Waals surface area (Å²) < 4.78 is 0. The number of carbonyl (C=O) groups is 1. The molecule has 0 saturated heterocycles. The fraction of sp³-hybridized carbons (Fsp3) is 0.222. The predicted molar refractivity (Wildman–Crippen MR) is 58.6 cm³/mol. The summed E-state index contributed by atoms with van der Waals surface area (Å²) in [6.07, 6.45) is 0. The normalized spacial score (nSPS) is 12.3. The second kappa shape index (κ2) is 4.73. The SMILES string of the molecule is CC(=O)C(Br)c1ccccc1B(O)O. The van der Waals surface area contributed by atoms with Crippen molar-refractivity contribution in [1.82, 2.24) is 0 Å². The monoisotopic (exact) mass is 256 g/mol. The van der Waals surface area contributed by atoms with Crippen molar-refractivity contribution in [2.45, 2.75) is 11.8 Å². The van der Waals surface area contributed by atoms with Gasteiger partial charge in [0, 0.05) is 0 Å². The van der Waals surface area contributed by atoms with Gasteiger partial charge in [-0.1, -0.05) is 40.2 Å². The fourth-order valence-corrected chi connectivity index (χ4v) is 1.61. The van der Waals surface area contributed by atoms with Crippen LogP contribution in [0.4, 0.5) is 0 Å². The van der Waals surface area contributed by atoms with Gasteiger partial charge in [-0.15, -0.1) is 0 Å². The highest BCUT2D eigenvalue weighted by atomic mass is 79.9. The molecule has 0 heterocycles. The summed E-state index contributed by atoms with van der Waals surface area (Å²) in [6, 6.07) is 6.71. The second-order valence-corrected chi connectivity index (χ2v) is 3.89. The Labute approximate surface area is 91.0 Å². The predicted octanol–water partition coefficient (Wildman–Crippen LogP) is 0.391. The van der Waals surface area contributed by atoms with E-state index in [4.69, 9.17) is 10.0 Å². The molecule has 0 spiro atoms. The van der Waals surface area contributed by atoms with Crippen LogP contribution in [0.3, 0.4) is 0 Å². The molecule has 1 unspecified atom stereocenters. The Morgan fingerprint density at radius 2 is 2.00 bits per heavy atom. The number of rotatable bonds is 3. The lowest BCUT2D eigenvalue weighted by Crippen LogP contribution is -2.34. The van der Waals surface area contributed by atoms with Crippen LogP contribution in [0.1, 0.15) is 17.3 Å². The topological polar surface area (TPSA) is 57.5 Å². The van der Waals surface area contributed by atoms with Gasteiger partial charge in [0.2, 0.25) is 0 Å². The zero-order valence-corrected chi connectivity index (χ0v) is 9.23. The van der Waals surface area contributed by atoms with E-state index in [-0.39, 0.29) is 5.78 Å². The van der Waals surface area contributed by atoms with Crippen LogP contribution >= 0.6 is 15.9 Å². The highest BCUT2D eigenvalue weighted by molar-refractivity contribution is 9.09. The van der Waals surface area contributed by atoms with E-state index in [2.05, 4.69) is 15.9 Å². The van der Waals surface area contributed by atoms with E-state index < -0.39 is 11.9 Å². The molecule has 1 aromatic carbocycles. The van der Waals surface area contributed by atoms with Crippen LogP contribution in [0, 0.1) is 0 Å². The van der Waals surface area contributed by atoms with Crippen LogP contribution in [0.25, 0.3) is 0 Å². The highest BCUT2D eigenvalue weighted by Crippen LogP contribution is 2.21. The van der Waals surface area contributed by atoms with Crippen molar-refractivity contribution in [3.63, 3.8) is 0 Å². The third-order valence-electron chi connectivity index (χ3n) is 1.90. The summed E-state index contributed by atoms with van der Waals surface area (Å²) in [4.78, 5) is 10.6. The Balaban J connectivity index is 3.13. The third kappa shape index (κ3) is 2.44. The van der Waals surface area contributed by atoms with Gasteiger partial charge in [-0.25, -0.2) is 0 Å². The summed E-state index contributed by atoms with van der Waals surface area (Å²) in [5.74, 6) is -0.0712. The molecule has 1 aromatic rings. The number of halogens is 1. The van der Waals surface area contributed by atoms with Gasteiger partial charge in [0.1, 0.15) is 5.78 Å². The lowest BCUT2D eigenvalue weighted by Gasteiger charge is -2.11. The van der Waals surface area contributed by atoms with Crippen molar-refractivity contribution < 1.29 is 14.8 Å². The first-order valence-corrected chi connectivity index (χ1v) is 5.05. The summed E-state index contributed by atoms with van der Waals surface area (Å²) in [7, 11) is -1.55. The summed E-state index contributed by atoms with van der Waals surface area (Å²) in [6.45, 7) is 1.44. The van der Waals surface area contributed by atoms with Crippen LogP contribution < -0.4 is 5.46 Å². The molecule has 0 fully saturated rings. The van der Waals surface area contributed by atoms with E-state index >= 15 is 0 Å². The molecule has 1 rings (SSSR count). The average Bonchev–Trinajstić information content (AvgIpc) is 2.16. The number of hydrogen-bond acceptors (Lipinski definition) is 3. The smallest absolute Gasteiger partial charge is 0.423 e. The molecule has 2 N–H and O–H groups in total. The van der Waals surface area contributed by atoms with Gasteiger partial charge in [0.25, 0.3) is 0 Å². The maximum absolute atomic E-state index is 11.1. The van der Waals surface area contributed by atoms with E-state index in [9.17, 15) is 4.79 Å². The molecule has 0 aliphatic heterocycles. The third-order valence-corrected chi connectivity index (χ3v) is 3.04. The molecule has 0 aliphatic carbocycles. The van der Waals surface area contributed by atoms with E-state index in [1.165, 1.54) is 6.92 Å². The number of hydrogen-bond donors (Lipinski definition) is 2. The van der Waals surface area contributed by atoms with E-state index in [0.717, 1.165) is 0 Å². The Hall–Kier alpha value is -0.645. The van der Waals surface area contributed by atoms with Gasteiger partial charge in [0.15, 0.2) is 0 Å². The minimum Gasteiger partial charge on any atom is -0.423 e. The Bertz CT molecular complexity index is 341. The molecular weight excluding hydrogens is 247 g/mol. The molecule has 1 atom stereocenters. The van der Waals surface area contributed by atoms with Gasteiger partial charge < -0.3 is 10.0 Å². The highest BCUT2D eigenvalue weighted by Gasteiger charge is 2.21. The Kier molecular flexibility index (Phi) is 3.86. The number of carbonyl (C=O) groups excluding carboxylic acids is 1. The second-order valence-electron chi connectivity index (χ2n) is 2.98. The number of Topliss-reactive ketones (excluding diaryl/α,β-unsaturated/α-hetero) is 1. The molecule has 0 radical (unpaired) electrons. The number of ketones is 1. The van der Waals surface area contributed by atoms with Crippen molar-refractivity contribution in [2.75, 3.05) is 0 Å². The lowest BCUT2D eigenvalue weighted by molar-refractivity contribution is -0.116. The quantitative estimate of drug-likeness (QED) is 0.608. The lowest BCUT2D eigenvalue weighted by atomic mass is 9.76. The van der Waals surface area contributed by atoms with Crippen LogP contribution in [-0.2, 0) is 4.79 Å². The van der Waals surface area contributed by atoms with Crippen LogP contribution in [0.2, 0.25) is 0 Å². The maximum Gasteiger partial charge on any atom is 0.488 e. The van der Waals surface area contributed by atoms with Gasteiger partial charge in [0.05, 0.1) is 4.83 Å². The average molecular weight is 257 g/mol. The summed E-state index contributed by atoms with van der Waals surface area (Å²) in [5, 5.41) is 18.1. The van der Waals surface area contributed by atoms with Crippen molar-refractivity contribution in [2.24, 2.45) is 0 Å². The molecule has 0 saturated carbocycles. The molecule has 0 bridgehead atoms. The minimum absolute atomic E-state index is 0.0712. The van der Waals surface area contributed by atoms with Gasteiger partial charge >= 0.3 is 7.12 Å². The standard InChI is InChI=1S/C9H10BBrO3/c1-6(12)9(11)7-4-2-3-5-8(7)10(13)14/h2-5,9,13-14H,1H3. The van der Waals surface area contributed by atoms with Gasteiger partial charge in [-0.2, -0.15) is 0 Å². The molecular formula is C9H10BBrO3. The minimum atomic E-state index is -1.55. The van der Waals surface area contributed by atoms with Crippen molar-refractivity contribution in [3.05, 3.63) is 29.8 Å². The number of benzene rings is 1. The van der Waals surface area contributed by atoms with Gasteiger partial charge in [-0.05, 0) is 17.9 Å². The van der Waals surface area contributed by atoms with E-state index in [1.54, 1.807) is 24.3 Å². The van der Waals surface area contributed by atoms with Gasteiger partial charge in [-0.3, -0.25) is 4.79 Å². The molecule has 0 amide bonds. The van der Waals surface area contributed by atoms with E-state index in [0.29, 0.717) is 11.0 Å². The molecule has 5 heteroatoms. The van der Waals surface area contributed by atoms with Crippen molar-refractivity contribution in [3.8, 4) is 0 Å². The van der Waals surface area contributed by atoms with Crippen LogP contribution in [0.5, 0.6) is 0 Å². The van der Waals surface area contributed by atoms with E-state index in [1.807, 2.05) is 0 Å². The first kappa shape index (κ1) is 11.4. The molecule has 0 aliphatic rings. The first-order chi connectivity index (χ1) is 6.54. The summed E-state index contributed by atoms with van der Waals surface area (Å²) >= 11 is 3.20. The Morgan fingerprint density at radius 3 is 2.50 bits per heavy atom. The molecule has 0 aromatic heterocycles.